The van der Waals surface area contributed by atoms with Gasteiger partial charge in [-0.25, -0.2) is 4.39 Å². The van der Waals surface area contributed by atoms with E-state index in [-0.39, 0.29) is 34.7 Å². The molecule has 2 bridgehead atoms. The number of hydrogen-bond donors (Lipinski definition) is 3. The van der Waals surface area contributed by atoms with E-state index >= 15 is 4.39 Å². The van der Waals surface area contributed by atoms with Crippen LogP contribution in [0.1, 0.15) is 109 Å². The van der Waals surface area contributed by atoms with Crippen LogP contribution in [0.25, 0.3) is 0 Å². The van der Waals surface area contributed by atoms with Crippen molar-refractivity contribution in [1.82, 2.24) is 4.90 Å². The Balaban J connectivity index is 1.29. The second-order valence-electron chi connectivity index (χ2n) is 16.4. The first kappa shape index (κ1) is 38.6. The Hall–Kier alpha value is -3.65. The fourth-order valence-electron chi connectivity index (χ4n) is 9.96. The molecule has 0 spiro atoms. The molecule has 284 valence electrons. The number of Topliss-reactive ketones (excluding diaryl/α,β-unsaturated/α-hetero) is 1. The van der Waals surface area contributed by atoms with Crippen molar-refractivity contribution in [3.8, 4) is 0 Å². The van der Waals surface area contributed by atoms with Gasteiger partial charge in [0.25, 0.3) is 0 Å². The topological polar surface area (TPSA) is 81.0 Å². The zero-order valence-corrected chi connectivity index (χ0v) is 32.2. The normalized spacial score (nSPS) is 26.6. The Morgan fingerprint density at radius 2 is 1.65 bits per heavy atom. The summed E-state index contributed by atoms with van der Waals surface area (Å²) in [5.74, 6) is -0.916. The van der Waals surface area contributed by atoms with Crippen LogP contribution in [-0.4, -0.2) is 56.8 Å². The van der Waals surface area contributed by atoms with Crippen LogP contribution in [0.3, 0.4) is 0 Å². The Morgan fingerprint density at radius 1 is 0.944 bits per heavy atom. The number of rotatable bonds is 8. The van der Waals surface area contributed by atoms with Gasteiger partial charge in [-0.3, -0.25) is 9.69 Å². The summed E-state index contributed by atoms with van der Waals surface area (Å²) in [5.41, 5.74) is 2.18. The van der Waals surface area contributed by atoms with E-state index in [1.54, 1.807) is 6.07 Å². The molecule has 4 aromatic rings. The zero-order valence-electron chi connectivity index (χ0n) is 31.5. The summed E-state index contributed by atoms with van der Waals surface area (Å²) in [4.78, 5) is 16.7. The number of fused-ring (bicyclic) bond motifs is 8. The molecule has 8 rings (SSSR count). The van der Waals surface area contributed by atoms with Gasteiger partial charge in [-0.1, -0.05) is 109 Å². The van der Waals surface area contributed by atoms with Gasteiger partial charge in [0.05, 0.1) is 11.7 Å². The predicted octanol–water partition coefficient (Wildman–Crippen LogP) is 9.34. The van der Waals surface area contributed by atoms with Crippen LogP contribution in [0, 0.1) is 11.2 Å². The molecule has 54 heavy (non-hydrogen) atoms. The highest BCUT2D eigenvalue weighted by molar-refractivity contribution is 6.31. The molecule has 1 aliphatic heterocycles. The molecule has 2 fully saturated rings. The lowest BCUT2D eigenvalue weighted by Crippen LogP contribution is -2.57. The monoisotopic (exact) mass is 749 g/mol. The highest BCUT2D eigenvalue weighted by Gasteiger charge is 2.59. The van der Waals surface area contributed by atoms with Gasteiger partial charge in [-0.2, -0.15) is 0 Å². The lowest BCUT2D eigenvalue weighted by molar-refractivity contribution is -0.101. The van der Waals surface area contributed by atoms with Gasteiger partial charge in [0.15, 0.2) is 5.78 Å². The van der Waals surface area contributed by atoms with Crippen molar-refractivity contribution in [3.05, 3.63) is 153 Å². The molecule has 1 heterocycles. The van der Waals surface area contributed by atoms with Crippen molar-refractivity contribution >= 4 is 17.4 Å². The molecule has 0 radical (unpaired) electrons. The van der Waals surface area contributed by atoms with E-state index in [1.165, 1.54) is 17.7 Å². The third kappa shape index (κ3) is 7.36. The molecule has 5 unspecified atom stereocenters. The lowest BCUT2D eigenvalue weighted by atomic mass is 9.64. The highest BCUT2D eigenvalue weighted by Crippen LogP contribution is 2.59. The molecule has 1 saturated carbocycles. The number of β-amino-alcohol motifs (C(OH)–C–C–N with tert-alkyl or cyclic N) is 1. The number of halogens is 2. The summed E-state index contributed by atoms with van der Waals surface area (Å²) >= 11 is 6.42. The van der Waals surface area contributed by atoms with E-state index < -0.39 is 28.5 Å². The maximum atomic E-state index is 15.0. The lowest BCUT2D eigenvalue weighted by Gasteiger charge is -2.48. The molecular formula is C47H53ClFNO4. The van der Waals surface area contributed by atoms with Crippen molar-refractivity contribution < 1.29 is 24.5 Å². The molecule has 4 aromatic carbocycles. The molecule has 5 atom stereocenters. The van der Waals surface area contributed by atoms with Crippen LogP contribution < -0.4 is 0 Å². The van der Waals surface area contributed by atoms with Gasteiger partial charge >= 0.3 is 0 Å². The summed E-state index contributed by atoms with van der Waals surface area (Å²) in [6, 6.07) is 29.9. The average molecular weight is 750 g/mol. The van der Waals surface area contributed by atoms with Crippen LogP contribution in [0.5, 0.6) is 0 Å². The summed E-state index contributed by atoms with van der Waals surface area (Å²) in [6.07, 6.45) is 7.56. The summed E-state index contributed by atoms with van der Waals surface area (Å²) in [6.45, 7) is 5.43. The molecule has 0 amide bonds. The number of benzene rings is 4. The summed E-state index contributed by atoms with van der Waals surface area (Å²) in [5, 5.41) is 37.3. The quantitative estimate of drug-likeness (QED) is 0.124. The van der Waals surface area contributed by atoms with E-state index in [2.05, 4.69) is 24.8 Å². The third-order valence-corrected chi connectivity index (χ3v) is 13.5. The van der Waals surface area contributed by atoms with E-state index in [0.29, 0.717) is 44.2 Å². The number of likely N-dealkylation sites (tertiary alicyclic amines) is 1. The number of aliphatic hydroxyl groups is 3. The first-order valence-electron chi connectivity index (χ1n) is 19.7. The standard InChI is InChI=1S/C47H53ClFNO4/c1-32-12-10-25-45(2)40(37-23-21-33(28-36(51)22-20-32)29-38(37)43(52)30-39-41(48)17-9-18-42(39)49)24-26-46(45,53)31-50-27-11-19-44(50)47(54,34-13-5-3-6-14-34)35-15-7-4-8-16-35/h3-9,12-18,21,23,29,36,40,44,51,53-54H,10-11,19-20,22,24-28,30-31H2,1-2H3. The Morgan fingerprint density at radius 3 is 2.33 bits per heavy atom. The fraction of sp³-hybridized carbons (Fsp3) is 0.426. The first-order chi connectivity index (χ1) is 25.9. The first-order valence-corrected chi connectivity index (χ1v) is 20.0. The fourth-order valence-corrected chi connectivity index (χ4v) is 10.2. The number of carbonyl (C=O) groups excluding carboxylic acids is 1. The van der Waals surface area contributed by atoms with Gasteiger partial charge in [0.2, 0.25) is 0 Å². The minimum absolute atomic E-state index is 0.170. The van der Waals surface area contributed by atoms with Gasteiger partial charge in [0, 0.05) is 40.6 Å². The molecular weight excluding hydrogens is 697 g/mol. The van der Waals surface area contributed by atoms with Crippen LogP contribution in [0.2, 0.25) is 5.02 Å². The van der Waals surface area contributed by atoms with Crippen molar-refractivity contribution in [2.24, 2.45) is 5.41 Å². The SMILES string of the molecule is CC1=CCCC2(C)C(CCC2(O)CN2CCCC2C(O)(c2ccccc2)c2ccccc2)c2ccc(cc2C(=O)Cc2c(F)cccc2Cl)CC(O)CC1. The van der Waals surface area contributed by atoms with E-state index in [1.807, 2.05) is 78.9 Å². The minimum atomic E-state index is -1.29. The van der Waals surface area contributed by atoms with Gasteiger partial charge in [0.1, 0.15) is 11.4 Å². The second kappa shape index (κ2) is 15.8. The van der Waals surface area contributed by atoms with Crippen LogP contribution in [0.4, 0.5) is 4.39 Å². The number of ketones is 1. The second-order valence-corrected chi connectivity index (χ2v) is 16.8. The summed E-state index contributed by atoms with van der Waals surface area (Å²) in [7, 11) is 0. The van der Waals surface area contributed by atoms with Gasteiger partial charge < -0.3 is 15.3 Å². The molecule has 4 aliphatic rings. The van der Waals surface area contributed by atoms with E-state index in [9.17, 15) is 20.1 Å². The number of aliphatic hydroxyl groups excluding tert-OH is 1. The molecule has 0 aromatic heterocycles. The van der Waals surface area contributed by atoms with Crippen LogP contribution >= 0.6 is 11.6 Å². The predicted molar refractivity (Wildman–Crippen MR) is 213 cm³/mol. The van der Waals surface area contributed by atoms with Gasteiger partial charge in [-0.05, 0) is 118 Å². The number of allylic oxidation sites excluding steroid dienone is 2. The number of carbonyl (C=O) groups is 1. The maximum absolute atomic E-state index is 15.0. The number of hydrogen-bond acceptors (Lipinski definition) is 5. The van der Waals surface area contributed by atoms with Crippen LogP contribution in [-0.2, 0) is 18.4 Å². The number of nitrogens with zero attached hydrogens (tertiary/aromatic N) is 1. The largest absolute Gasteiger partial charge is 0.393 e. The van der Waals surface area contributed by atoms with E-state index in [4.69, 9.17) is 11.6 Å². The molecule has 1 saturated heterocycles. The van der Waals surface area contributed by atoms with Gasteiger partial charge in [-0.15, -0.1) is 0 Å². The van der Waals surface area contributed by atoms with Crippen molar-refractivity contribution in [2.75, 3.05) is 13.1 Å². The minimum Gasteiger partial charge on any atom is -0.393 e. The Bertz CT molecular complexity index is 1920. The van der Waals surface area contributed by atoms with Crippen molar-refractivity contribution in [2.45, 2.75) is 107 Å². The average Bonchev–Trinajstić information content (AvgIpc) is 3.73. The van der Waals surface area contributed by atoms with Crippen LogP contribution in [0.15, 0.2) is 109 Å². The molecule has 3 N–H and O–H groups in total. The zero-order chi connectivity index (χ0) is 38.1. The molecule has 3 aliphatic carbocycles. The van der Waals surface area contributed by atoms with E-state index in [0.717, 1.165) is 54.5 Å². The van der Waals surface area contributed by atoms with Crippen molar-refractivity contribution in [3.63, 3.8) is 0 Å². The Kier molecular flexibility index (Phi) is 11.3. The summed E-state index contributed by atoms with van der Waals surface area (Å²) < 4.78 is 15.0. The molecule has 5 nitrogen and oxygen atoms in total. The Labute approximate surface area is 324 Å². The smallest absolute Gasteiger partial charge is 0.167 e. The third-order valence-electron chi connectivity index (χ3n) is 13.1. The molecule has 7 heteroatoms. The maximum Gasteiger partial charge on any atom is 0.167 e. The highest BCUT2D eigenvalue weighted by atomic mass is 35.5. The van der Waals surface area contributed by atoms with Crippen molar-refractivity contribution in [1.29, 1.82) is 0 Å².